The number of amides is 1. The summed E-state index contributed by atoms with van der Waals surface area (Å²) >= 11 is 0. The third-order valence-corrected chi connectivity index (χ3v) is 4.31. The summed E-state index contributed by atoms with van der Waals surface area (Å²) in [7, 11) is 0. The van der Waals surface area contributed by atoms with Crippen molar-refractivity contribution in [2.45, 2.75) is 38.2 Å². The van der Waals surface area contributed by atoms with Crippen LogP contribution in [0.5, 0.6) is 11.5 Å². The van der Waals surface area contributed by atoms with E-state index in [0.29, 0.717) is 16.5 Å². The normalized spacial score (nSPS) is 15.0. The molecule has 7 nitrogen and oxygen atoms in total. The molecule has 3 rings (SSSR count). The zero-order chi connectivity index (χ0) is 17.8. The molecular formula is C18H20N2O5. The summed E-state index contributed by atoms with van der Waals surface area (Å²) < 4.78 is 5.99. The summed E-state index contributed by atoms with van der Waals surface area (Å²) in [5.41, 5.74) is -0.199. The van der Waals surface area contributed by atoms with Crippen molar-refractivity contribution in [1.82, 2.24) is 10.3 Å². The molecule has 1 saturated carbocycles. The molecule has 1 aliphatic rings. The summed E-state index contributed by atoms with van der Waals surface area (Å²) in [5, 5.41) is 22.2. The van der Waals surface area contributed by atoms with Crippen LogP contribution in [0.2, 0.25) is 0 Å². The molecular weight excluding hydrogens is 324 g/mol. The Morgan fingerprint density at radius 3 is 2.72 bits per heavy atom. The number of hydrogen-bond acceptors (Lipinski definition) is 5. The number of carboxylic acid groups (broad SMARTS) is 1. The highest BCUT2D eigenvalue weighted by Crippen LogP contribution is 2.31. The van der Waals surface area contributed by atoms with Crippen molar-refractivity contribution in [2.24, 2.45) is 0 Å². The molecule has 25 heavy (non-hydrogen) atoms. The monoisotopic (exact) mass is 344 g/mol. The van der Waals surface area contributed by atoms with Gasteiger partial charge in [0.2, 0.25) is 0 Å². The fraction of sp³-hybridized carbons (Fsp3) is 0.389. The van der Waals surface area contributed by atoms with Crippen LogP contribution in [-0.2, 0) is 4.79 Å². The SMILES string of the molecule is O=C(O)CNC(=O)c1ncc2cc(OC3CCCCC3)ccc2c1O. The van der Waals surface area contributed by atoms with Gasteiger partial charge in [-0.2, -0.15) is 0 Å². The quantitative estimate of drug-likeness (QED) is 0.769. The molecule has 1 amide bonds. The van der Waals surface area contributed by atoms with E-state index in [1.807, 2.05) is 0 Å². The molecule has 0 radical (unpaired) electrons. The second-order valence-corrected chi connectivity index (χ2v) is 6.16. The fourth-order valence-corrected chi connectivity index (χ4v) is 3.04. The van der Waals surface area contributed by atoms with Gasteiger partial charge in [-0.05, 0) is 43.9 Å². The van der Waals surface area contributed by atoms with Gasteiger partial charge in [-0.1, -0.05) is 6.42 Å². The fourth-order valence-electron chi connectivity index (χ4n) is 3.04. The van der Waals surface area contributed by atoms with Crippen LogP contribution in [0.3, 0.4) is 0 Å². The standard InChI is InChI=1S/C18H20N2O5/c21-15(22)10-20-18(24)16-17(23)14-7-6-13(8-11(14)9-19-16)25-12-4-2-1-3-5-12/h6-9,12,23H,1-5,10H2,(H,20,24)(H,21,22). The number of pyridine rings is 1. The Morgan fingerprint density at radius 1 is 1.24 bits per heavy atom. The Morgan fingerprint density at radius 2 is 2.00 bits per heavy atom. The maximum atomic E-state index is 11.9. The average Bonchev–Trinajstić information content (AvgIpc) is 2.61. The minimum atomic E-state index is -1.17. The molecule has 0 aliphatic heterocycles. The van der Waals surface area contributed by atoms with Gasteiger partial charge in [0.25, 0.3) is 5.91 Å². The van der Waals surface area contributed by atoms with E-state index in [9.17, 15) is 14.7 Å². The number of aromatic hydroxyl groups is 1. The molecule has 2 aromatic rings. The molecule has 0 bridgehead atoms. The number of rotatable bonds is 5. The molecule has 1 aromatic carbocycles. The smallest absolute Gasteiger partial charge is 0.322 e. The number of fused-ring (bicyclic) bond motifs is 1. The number of carbonyl (C=O) groups is 2. The van der Waals surface area contributed by atoms with E-state index in [4.69, 9.17) is 9.84 Å². The van der Waals surface area contributed by atoms with Crippen molar-refractivity contribution < 1.29 is 24.5 Å². The number of aliphatic carboxylic acids is 1. The third-order valence-electron chi connectivity index (χ3n) is 4.31. The van der Waals surface area contributed by atoms with Gasteiger partial charge in [-0.15, -0.1) is 0 Å². The van der Waals surface area contributed by atoms with Gasteiger partial charge in [0.1, 0.15) is 12.3 Å². The number of benzene rings is 1. The molecule has 7 heteroatoms. The zero-order valence-corrected chi connectivity index (χ0v) is 13.7. The van der Waals surface area contributed by atoms with Gasteiger partial charge < -0.3 is 20.3 Å². The summed E-state index contributed by atoms with van der Waals surface area (Å²) in [6.07, 6.45) is 7.38. The first kappa shape index (κ1) is 17.0. The molecule has 0 atom stereocenters. The van der Waals surface area contributed by atoms with Gasteiger partial charge in [0.15, 0.2) is 11.4 Å². The average molecular weight is 344 g/mol. The van der Waals surface area contributed by atoms with Gasteiger partial charge in [-0.25, -0.2) is 4.98 Å². The molecule has 0 saturated heterocycles. The van der Waals surface area contributed by atoms with Gasteiger partial charge in [0.05, 0.1) is 6.10 Å². The van der Waals surface area contributed by atoms with Crippen LogP contribution >= 0.6 is 0 Å². The van der Waals surface area contributed by atoms with Gasteiger partial charge >= 0.3 is 5.97 Å². The predicted octanol–water partition coefficient (Wildman–Crippen LogP) is 2.47. The zero-order valence-electron chi connectivity index (χ0n) is 13.7. The van der Waals surface area contributed by atoms with E-state index < -0.39 is 18.4 Å². The van der Waals surface area contributed by atoms with Crippen LogP contribution in [0.4, 0.5) is 0 Å². The van der Waals surface area contributed by atoms with Crippen LogP contribution in [0.15, 0.2) is 24.4 Å². The van der Waals surface area contributed by atoms with E-state index in [0.717, 1.165) is 12.8 Å². The topological polar surface area (TPSA) is 109 Å². The molecule has 0 unspecified atom stereocenters. The van der Waals surface area contributed by atoms with Crippen molar-refractivity contribution in [2.75, 3.05) is 6.54 Å². The molecule has 0 spiro atoms. The Hall–Kier alpha value is -2.83. The number of carboxylic acids is 1. The lowest BCUT2D eigenvalue weighted by Gasteiger charge is -2.23. The lowest BCUT2D eigenvalue weighted by Crippen LogP contribution is -2.29. The number of nitrogens with zero attached hydrogens (tertiary/aromatic N) is 1. The Labute approximate surface area is 144 Å². The van der Waals surface area contributed by atoms with E-state index in [-0.39, 0.29) is 17.5 Å². The van der Waals surface area contributed by atoms with Crippen LogP contribution in [0, 0.1) is 0 Å². The Bertz CT molecular complexity index is 799. The number of ether oxygens (including phenoxy) is 1. The number of aromatic nitrogens is 1. The molecule has 132 valence electrons. The molecule has 1 aromatic heterocycles. The lowest BCUT2D eigenvalue weighted by molar-refractivity contribution is -0.135. The van der Waals surface area contributed by atoms with Crippen molar-refractivity contribution in [3.05, 3.63) is 30.1 Å². The van der Waals surface area contributed by atoms with Crippen molar-refractivity contribution in [3.63, 3.8) is 0 Å². The highest BCUT2D eigenvalue weighted by molar-refractivity contribution is 6.02. The van der Waals surface area contributed by atoms with Crippen LogP contribution in [0.1, 0.15) is 42.6 Å². The first-order valence-electron chi connectivity index (χ1n) is 8.33. The Kier molecular flexibility index (Phi) is 5.02. The highest BCUT2D eigenvalue weighted by atomic mass is 16.5. The number of carbonyl (C=O) groups excluding carboxylic acids is 1. The second kappa shape index (κ2) is 7.38. The van der Waals surface area contributed by atoms with Gasteiger partial charge in [0, 0.05) is 17.0 Å². The molecule has 3 N–H and O–H groups in total. The van der Waals surface area contributed by atoms with E-state index in [1.54, 1.807) is 18.2 Å². The van der Waals surface area contributed by atoms with Crippen LogP contribution in [0.25, 0.3) is 10.8 Å². The Balaban J connectivity index is 1.80. The first-order chi connectivity index (χ1) is 12.0. The van der Waals surface area contributed by atoms with Crippen molar-refractivity contribution >= 4 is 22.6 Å². The van der Waals surface area contributed by atoms with E-state index in [2.05, 4.69) is 10.3 Å². The van der Waals surface area contributed by atoms with Crippen molar-refractivity contribution in [1.29, 1.82) is 0 Å². The number of hydrogen-bond donors (Lipinski definition) is 3. The highest BCUT2D eigenvalue weighted by Gasteiger charge is 2.18. The maximum absolute atomic E-state index is 11.9. The first-order valence-corrected chi connectivity index (χ1v) is 8.33. The van der Waals surface area contributed by atoms with Crippen LogP contribution < -0.4 is 10.1 Å². The maximum Gasteiger partial charge on any atom is 0.322 e. The largest absolute Gasteiger partial charge is 0.505 e. The number of nitrogens with one attached hydrogen (secondary N) is 1. The lowest BCUT2D eigenvalue weighted by atomic mass is 9.98. The third kappa shape index (κ3) is 3.99. The predicted molar refractivity (Wildman–Crippen MR) is 90.9 cm³/mol. The second-order valence-electron chi connectivity index (χ2n) is 6.16. The molecule has 1 fully saturated rings. The summed E-state index contributed by atoms with van der Waals surface area (Å²) in [4.78, 5) is 26.4. The van der Waals surface area contributed by atoms with E-state index >= 15 is 0 Å². The summed E-state index contributed by atoms with van der Waals surface area (Å²) in [6, 6.07) is 5.23. The molecule has 1 aliphatic carbocycles. The van der Waals surface area contributed by atoms with Gasteiger partial charge in [-0.3, -0.25) is 9.59 Å². The van der Waals surface area contributed by atoms with Crippen LogP contribution in [-0.4, -0.2) is 39.7 Å². The van der Waals surface area contributed by atoms with E-state index in [1.165, 1.54) is 25.5 Å². The minimum absolute atomic E-state index is 0.199. The summed E-state index contributed by atoms with van der Waals surface area (Å²) in [6.45, 7) is -0.536. The molecule has 1 heterocycles. The van der Waals surface area contributed by atoms with Crippen molar-refractivity contribution in [3.8, 4) is 11.5 Å². The minimum Gasteiger partial charge on any atom is -0.505 e. The summed E-state index contributed by atoms with van der Waals surface area (Å²) in [5.74, 6) is -1.46.